The number of aliphatic hydroxyl groups excluding tert-OH is 3. The van der Waals surface area contributed by atoms with E-state index in [0.717, 1.165) is 17.3 Å². The summed E-state index contributed by atoms with van der Waals surface area (Å²) in [6.07, 6.45) is -6.75. The number of ether oxygens (including phenoxy) is 3. The molecule has 6 atom stereocenters. The molecule has 0 aliphatic carbocycles. The number of benzene rings is 1. The van der Waals surface area contributed by atoms with Gasteiger partial charge < -0.3 is 40.0 Å². The fraction of sp³-hybridized carbons (Fsp3) is 0.391. The van der Waals surface area contributed by atoms with Gasteiger partial charge in [-0.2, -0.15) is 0 Å². The van der Waals surface area contributed by atoms with E-state index in [2.05, 4.69) is 15.6 Å². The van der Waals surface area contributed by atoms with Crippen LogP contribution in [0.3, 0.4) is 0 Å². The molecule has 1 aromatic heterocycles. The Balaban J connectivity index is 1.28. The summed E-state index contributed by atoms with van der Waals surface area (Å²) in [6.45, 7) is 0.530. The summed E-state index contributed by atoms with van der Waals surface area (Å²) in [5.41, 5.74) is 0.887. The lowest BCUT2D eigenvalue weighted by Crippen LogP contribution is -2.61. The van der Waals surface area contributed by atoms with Crippen LogP contribution in [0.1, 0.15) is 5.56 Å². The summed E-state index contributed by atoms with van der Waals surface area (Å²) in [5.74, 6) is -0.838. The van der Waals surface area contributed by atoms with E-state index in [9.17, 15) is 34.8 Å². The topological polar surface area (TPSA) is 197 Å². The van der Waals surface area contributed by atoms with Crippen LogP contribution >= 0.6 is 11.8 Å². The molecule has 0 bridgehead atoms. The van der Waals surface area contributed by atoms with E-state index < -0.39 is 41.9 Å². The first-order chi connectivity index (χ1) is 17.7. The molecule has 6 unspecified atom stereocenters. The van der Waals surface area contributed by atoms with Crippen LogP contribution in [-0.2, 0) is 20.7 Å². The average molecular weight is 536 g/mol. The molecule has 1 aromatic carbocycles. The predicted molar refractivity (Wildman–Crippen MR) is 128 cm³/mol. The normalized spacial score (nSPS) is 27.4. The maximum atomic E-state index is 11.7. The fourth-order valence-electron chi connectivity index (χ4n) is 3.69. The number of carboxylic acid groups (broad SMARTS) is 1. The summed E-state index contributed by atoms with van der Waals surface area (Å²) in [6, 6.07) is 10.2. The van der Waals surface area contributed by atoms with Gasteiger partial charge in [0, 0.05) is 6.20 Å². The molecule has 14 heteroatoms. The van der Waals surface area contributed by atoms with Crippen LogP contribution in [-0.4, -0.2) is 91.6 Å². The molecular formula is C23H25N3O10S. The van der Waals surface area contributed by atoms with Gasteiger partial charge in [0.2, 0.25) is 12.2 Å². The van der Waals surface area contributed by atoms with E-state index in [4.69, 9.17) is 14.2 Å². The summed E-state index contributed by atoms with van der Waals surface area (Å²) in [7, 11) is 0. The number of carboxylic acids is 1. The highest BCUT2D eigenvalue weighted by molar-refractivity contribution is 8.15. The van der Waals surface area contributed by atoms with E-state index in [1.807, 2.05) is 12.1 Å². The molecule has 4 rings (SSSR count). The standard InChI is InChI=1S/C23H25N3O10S/c27-15-16(28)18(21(31)32)36-22(17(15)29)35-13-2-1-7-24-19(13)25-8-9-34-12-5-3-11(4-6-12)10-14-20(30)26-23(33)37-14/h1-7,14-18,22,27-29H,8-10H2,(H,24,25)(H,31,32)(H,26,30,33). The van der Waals surface area contributed by atoms with Gasteiger partial charge in [-0.15, -0.1) is 0 Å². The van der Waals surface area contributed by atoms with Crippen molar-refractivity contribution in [1.82, 2.24) is 10.3 Å². The Labute approximate surface area is 214 Å². The number of nitrogens with zero attached hydrogens (tertiary/aromatic N) is 1. The van der Waals surface area contributed by atoms with Crippen LogP contribution in [0.15, 0.2) is 42.6 Å². The lowest BCUT2D eigenvalue weighted by atomic mass is 9.99. The minimum atomic E-state index is -1.82. The van der Waals surface area contributed by atoms with Crippen molar-refractivity contribution in [1.29, 1.82) is 0 Å². The predicted octanol–water partition coefficient (Wildman–Crippen LogP) is -0.262. The summed E-state index contributed by atoms with van der Waals surface area (Å²) in [5, 5.41) is 43.6. The molecule has 3 heterocycles. The number of thioether (sulfide) groups is 1. The highest BCUT2D eigenvalue weighted by atomic mass is 32.2. The summed E-state index contributed by atoms with van der Waals surface area (Å²) in [4.78, 5) is 38.4. The summed E-state index contributed by atoms with van der Waals surface area (Å²) < 4.78 is 16.4. The second-order valence-corrected chi connectivity index (χ2v) is 9.39. The van der Waals surface area contributed by atoms with Crippen molar-refractivity contribution in [3.63, 3.8) is 0 Å². The van der Waals surface area contributed by atoms with Gasteiger partial charge in [0.1, 0.15) is 30.7 Å². The van der Waals surface area contributed by atoms with Crippen LogP contribution in [0.4, 0.5) is 10.6 Å². The van der Waals surface area contributed by atoms with Crippen molar-refractivity contribution < 1.29 is 49.0 Å². The number of anilines is 1. The van der Waals surface area contributed by atoms with Crippen molar-refractivity contribution in [2.75, 3.05) is 18.5 Å². The zero-order chi connectivity index (χ0) is 26.5. The van der Waals surface area contributed by atoms with Gasteiger partial charge in [-0.25, -0.2) is 9.78 Å². The molecule has 198 valence electrons. The third kappa shape index (κ3) is 6.47. The second kappa shape index (κ2) is 11.7. The zero-order valence-electron chi connectivity index (χ0n) is 19.2. The smallest absolute Gasteiger partial charge is 0.335 e. The molecule has 6 N–H and O–H groups in total. The Hall–Kier alpha value is -3.43. The minimum Gasteiger partial charge on any atom is -0.492 e. The van der Waals surface area contributed by atoms with Gasteiger partial charge in [-0.05, 0) is 36.2 Å². The third-order valence-electron chi connectivity index (χ3n) is 5.60. The molecule has 13 nitrogen and oxygen atoms in total. The lowest BCUT2D eigenvalue weighted by molar-refractivity contribution is -0.271. The Morgan fingerprint density at radius 3 is 2.54 bits per heavy atom. The Morgan fingerprint density at radius 2 is 1.86 bits per heavy atom. The molecule has 0 saturated carbocycles. The number of carbonyl (C=O) groups excluding carboxylic acids is 2. The zero-order valence-corrected chi connectivity index (χ0v) is 20.0. The van der Waals surface area contributed by atoms with E-state index >= 15 is 0 Å². The quantitative estimate of drug-likeness (QED) is 0.218. The molecule has 0 spiro atoms. The number of aliphatic carboxylic acids is 1. The first kappa shape index (κ1) is 26.6. The average Bonchev–Trinajstić information content (AvgIpc) is 3.19. The van der Waals surface area contributed by atoms with Gasteiger partial charge in [0.25, 0.3) is 5.24 Å². The molecule has 2 saturated heterocycles. The van der Waals surface area contributed by atoms with Crippen LogP contribution in [0, 0.1) is 0 Å². The lowest BCUT2D eigenvalue weighted by Gasteiger charge is -2.38. The molecule has 2 aliphatic rings. The first-order valence-electron chi connectivity index (χ1n) is 11.2. The van der Waals surface area contributed by atoms with Crippen molar-refractivity contribution >= 4 is 34.7 Å². The molecule has 2 aromatic rings. The van der Waals surface area contributed by atoms with Crippen molar-refractivity contribution in [3.8, 4) is 11.5 Å². The van der Waals surface area contributed by atoms with Gasteiger partial charge in [0.05, 0.1) is 11.8 Å². The Morgan fingerprint density at radius 1 is 1.11 bits per heavy atom. The first-order valence-corrected chi connectivity index (χ1v) is 12.1. The third-order valence-corrected chi connectivity index (χ3v) is 6.58. The molecule has 0 radical (unpaired) electrons. The van der Waals surface area contributed by atoms with Crippen molar-refractivity contribution in [3.05, 3.63) is 48.2 Å². The highest BCUT2D eigenvalue weighted by Crippen LogP contribution is 2.28. The number of amides is 2. The van der Waals surface area contributed by atoms with Crippen LogP contribution in [0.5, 0.6) is 11.5 Å². The van der Waals surface area contributed by atoms with Crippen molar-refractivity contribution in [2.45, 2.75) is 42.4 Å². The van der Waals surface area contributed by atoms with Crippen LogP contribution in [0.25, 0.3) is 0 Å². The van der Waals surface area contributed by atoms with Gasteiger partial charge in [0.15, 0.2) is 17.7 Å². The number of carbonyl (C=O) groups is 3. The van der Waals surface area contributed by atoms with E-state index in [0.29, 0.717) is 18.7 Å². The minimum absolute atomic E-state index is 0.121. The number of hydrogen-bond acceptors (Lipinski definition) is 12. The number of aliphatic hydroxyl groups is 3. The van der Waals surface area contributed by atoms with E-state index in [1.54, 1.807) is 18.2 Å². The Kier molecular flexibility index (Phi) is 8.45. The molecule has 2 amide bonds. The van der Waals surface area contributed by atoms with Crippen LogP contribution < -0.4 is 20.1 Å². The maximum absolute atomic E-state index is 11.7. The molecule has 37 heavy (non-hydrogen) atoms. The van der Waals surface area contributed by atoms with Gasteiger partial charge >= 0.3 is 5.97 Å². The number of nitrogens with one attached hydrogen (secondary N) is 2. The number of hydrogen-bond donors (Lipinski definition) is 6. The summed E-state index contributed by atoms with van der Waals surface area (Å²) >= 11 is 0.974. The molecule has 2 aliphatic heterocycles. The maximum Gasteiger partial charge on any atom is 0.335 e. The van der Waals surface area contributed by atoms with Crippen LogP contribution in [0.2, 0.25) is 0 Å². The molecular weight excluding hydrogens is 510 g/mol. The number of imide groups is 1. The number of pyridine rings is 1. The van der Waals surface area contributed by atoms with E-state index in [-0.39, 0.29) is 29.3 Å². The monoisotopic (exact) mass is 535 g/mol. The fourth-order valence-corrected chi connectivity index (χ4v) is 4.55. The SMILES string of the molecule is O=C1NC(=O)C(Cc2ccc(OCCNc3ncccc3OC3OC(C(=O)O)C(O)C(O)C3O)cc2)S1. The largest absolute Gasteiger partial charge is 0.492 e. The second-order valence-electron chi connectivity index (χ2n) is 8.21. The number of aromatic nitrogens is 1. The Bertz CT molecular complexity index is 1130. The van der Waals surface area contributed by atoms with Crippen molar-refractivity contribution in [2.24, 2.45) is 0 Å². The number of rotatable bonds is 10. The molecule has 2 fully saturated rings. The van der Waals surface area contributed by atoms with E-state index in [1.165, 1.54) is 12.3 Å². The van der Waals surface area contributed by atoms with Gasteiger partial charge in [-0.1, -0.05) is 23.9 Å². The highest BCUT2D eigenvalue weighted by Gasteiger charge is 2.48. The van der Waals surface area contributed by atoms with Gasteiger partial charge in [-0.3, -0.25) is 14.9 Å².